The van der Waals surface area contributed by atoms with Crippen molar-refractivity contribution in [1.29, 1.82) is 5.26 Å². The monoisotopic (exact) mass is 415 g/mol. The topological polar surface area (TPSA) is 136 Å². The molecule has 10 heteroatoms. The summed E-state index contributed by atoms with van der Waals surface area (Å²) in [5, 5.41) is 27.2. The van der Waals surface area contributed by atoms with Crippen LogP contribution in [-0.4, -0.2) is 50.3 Å². The maximum atomic E-state index is 14.0. The lowest BCUT2D eigenvalue weighted by molar-refractivity contribution is -0.00177. The van der Waals surface area contributed by atoms with Crippen molar-refractivity contribution in [3.8, 4) is 6.07 Å². The maximum Gasteiger partial charge on any atom is 0.255 e. The number of carbonyl (C=O) groups excluding carboxylic acids is 1. The summed E-state index contributed by atoms with van der Waals surface area (Å²) < 4.78 is 14.0. The molecule has 2 atom stereocenters. The van der Waals surface area contributed by atoms with Crippen LogP contribution in [0.25, 0.3) is 0 Å². The highest BCUT2D eigenvalue weighted by Crippen LogP contribution is 2.22. The van der Waals surface area contributed by atoms with Crippen LogP contribution in [0.1, 0.15) is 50.0 Å². The van der Waals surface area contributed by atoms with E-state index in [9.17, 15) is 14.3 Å². The van der Waals surface area contributed by atoms with Crippen molar-refractivity contribution >= 4 is 23.4 Å². The number of halogens is 1. The zero-order valence-electron chi connectivity index (χ0n) is 17.4. The SMILES string of the molecule is CCC(C)Nc1cc(Nc2ncc(C#N)cn2)ncc1C(=O)NCC(F)C(C)(C)O. The van der Waals surface area contributed by atoms with Gasteiger partial charge in [-0.05, 0) is 27.2 Å². The molecule has 2 aromatic heterocycles. The number of carbonyl (C=O) groups is 1. The molecule has 0 bridgehead atoms. The van der Waals surface area contributed by atoms with Crippen molar-refractivity contribution in [3.05, 3.63) is 35.8 Å². The molecule has 0 saturated heterocycles. The van der Waals surface area contributed by atoms with E-state index in [1.807, 2.05) is 19.9 Å². The number of aromatic nitrogens is 3. The molecule has 0 aliphatic heterocycles. The summed E-state index contributed by atoms with van der Waals surface area (Å²) in [6.45, 7) is 6.31. The van der Waals surface area contributed by atoms with Crippen molar-refractivity contribution in [1.82, 2.24) is 20.3 Å². The van der Waals surface area contributed by atoms with Crippen LogP contribution in [0.15, 0.2) is 24.7 Å². The van der Waals surface area contributed by atoms with Crippen LogP contribution in [-0.2, 0) is 0 Å². The Morgan fingerprint density at radius 1 is 1.30 bits per heavy atom. The Morgan fingerprint density at radius 2 is 1.97 bits per heavy atom. The molecule has 0 saturated carbocycles. The van der Waals surface area contributed by atoms with E-state index < -0.39 is 17.7 Å². The van der Waals surface area contributed by atoms with Gasteiger partial charge in [0.2, 0.25) is 5.95 Å². The van der Waals surface area contributed by atoms with Gasteiger partial charge in [-0.15, -0.1) is 0 Å². The largest absolute Gasteiger partial charge is 0.387 e. The van der Waals surface area contributed by atoms with Crippen molar-refractivity contribution in [2.75, 3.05) is 17.2 Å². The highest BCUT2D eigenvalue weighted by atomic mass is 19.1. The normalized spacial score (nSPS) is 13.1. The van der Waals surface area contributed by atoms with Crippen LogP contribution < -0.4 is 16.0 Å². The average molecular weight is 415 g/mol. The van der Waals surface area contributed by atoms with E-state index in [-0.39, 0.29) is 24.1 Å². The number of hydrogen-bond acceptors (Lipinski definition) is 8. The van der Waals surface area contributed by atoms with Gasteiger partial charge in [0.1, 0.15) is 18.1 Å². The molecular weight excluding hydrogens is 389 g/mol. The van der Waals surface area contributed by atoms with Gasteiger partial charge in [0, 0.05) is 18.3 Å². The van der Waals surface area contributed by atoms with E-state index in [1.165, 1.54) is 32.4 Å². The first kappa shape index (κ1) is 23.0. The number of alkyl halides is 1. The van der Waals surface area contributed by atoms with Gasteiger partial charge in [-0.3, -0.25) is 4.79 Å². The fraction of sp³-hybridized carbons (Fsp3) is 0.450. The second-order valence-corrected chi connectivity index (χ2v) is 7.43. The zero-order valence-corrected chi connectivity index (χ0v) is 17.4. The molecule has 4 N–H and O–H groups in total. The number of amides is 1. The van der Waals surface area contributed by atoms with Crippen LogP contribution in [0.4, 0.5) is 21.8 Å². The van der Waals surface area contributed by atoms with E-state index in [4.69, 9.17) is 5.26 Å². The minimum atomic E-state index is -1.62. The molecule has 160 valence electrons. The lowest BCUT2D eigenvalue weighted by Gasteiger charge is -2.23. The number of nitriles is 1. The summed E-state index contributed by atoms with van der Waals surface area (Å²) in [6, 6.07) is 3.64. The van der Waals surface area contributed by atoms with Gasteiger partial charge in [-0.1, -0.05) is 6.92 Å². The molecule has 2 aromatic rings. The molecular formula is C20H26FN7O2. The van der Waals surface area contributed by atoms with Gasteiger partial charge in [0.05, 0.1) is 41.4 Å². The average Bonchev–Trinajstić information content (AvgIpc) is 2.71. The third-order valence-corrected chi connectivity index (χ3v) is 4.39. The lowest BCUT2D eigenvalue weighted by Crippen LogP contribution is -2.42. The van der Waals surface area contributed by atoms with Gasteiger partial charge in [-0.2, -0.15) is 5.26 Å². The van der Waals surface area contributed by atoms with Crippen LogP contribution in [0.5, 0.6) is 0 Å². The minimum absolute atomic E-state index is 0.0725. The molecule has 30 heavy (non-hydrogen) atoms. The van der Waals surface area contributed by atoms with E-state index in [2.05, 4.69) is 30.9 Å². The van der Waals surface area contributed by atoms with Gasteiger partial charge >= 0.3 is 0 Å². The number of pyridine rings is 1. The highest BCUT2D eigenvalue weighted by Gasteiger charge is 2.27. The summed E-state index contributed by atoms with van der Waals surface area (Å²) in [5.41, 5.74) is -0.480. The highest BCUT2D eigenvalue weighted by molar-refractivity contribution is 5.99. The quantitative estimate of drug-likeness (QED) is 0.491. The Morgan fingerprint density at radius 3 is 2.53 bits per heavy atom. The molecule has 9 nitrogen and oxygen atoms in total. The maximum absolute atomic E-state index is 14.0. The second kappa shape index (κ2) is 9.93. The number of anilines is 3. The Kier molecular flexibility index (Phi) is 7.60. The third-order valence-electron chi connectivity index (χ3n) is 4.39. The molecule has 0 spiro atoms. The summed E-state index contributed by atoms with van der Waals surface area (Å²) in [6.07, 6.45) is 3.33. The van der Waals surface area contributed by atoms with Crippen molar-refractivity contribution in [3.63, 3.8) is 0 Å². The zero-order chi connectivity index (χ0) is 22.3. The molecule has 2 heterocycles. The van der Waals surface area contributed by atoms with Crippen molar-refractivity contribution < 1.29 is 14.3 Å². The molecule has 2 rings (SSSR count). The molecule has 2 unspecified atom stereocenters. The van der Waals surface area contributed by atoms with Crippen molar-refractivity contribution in [2.45, 2.75) is 51.9 Å². The van der Waals surface area contributed by atoms with Gasteiger partial charge < -0.3 is 21.1 Å². The van der Waals surface area contributed by atoms with Gasteiger partial charge in [-0.25, -0.2) is 19.3 Å². The van der Waals surface area contributed by atoms with Crippen LogP contribution >= 0.6 is 0 Å². The summed E-state index contributed by atoms with van der Waals surface area (Å²) in [7, 11) is 0. The molecule has 0 aliphatic carbocycles. The number of nitrogens with zero attached hydrogens (tertiary/aromatic N) is 4. The smallest absolute Gasteiger partial charge is 0.255 e. The first-order chi connectivity index (χ1) is 14.1. The summed E-state index contributed by atoms with van der Waals surface area (Å²) >= 11 is 0. The third kappa shape index (κ3) is 6.35. The standard InChI is InChI=1S/C20H26FN7O2/c1-5-12(2)27-15-6-17(28-19-25-8-13(7-22)9-26-19)23-10-14(15)18(29)24-11-16(21)20(3,4)30/h6,8-10,12,16,30H,5,11H2,1-4H3,(H,24,29)(H2,23,25,26,27,28). The molecule has 0 radical (unpaired) electrons. The number of nitrogens with one attached hydrogen (secondary N) is 3. The van der Waals surface area contributed by atoms with Crippen LogP contribution in [0, 0.1) is 11.3 Å². The van der Waals surface area contributed by atoms with Crippen LogP contribution in [0.3, 0.4) is 0 Å². The fourth-order valence-electron chi connectivity index (χ4n) is 2.28. The first-order valence-electron chi connectivity index (χ1n) is 9.54. The first-order valence-corrected chi connectivity index (χ1v) is 9.54. The van der Waals surface area contributed by atoms with Crippen molar-refractivity contribution in [2.24, 2.45) is 0 Å². The van der Waals surface area contributed by atoms with Gasteiger partial charge in [0.25, 0.3) is 5.91 Å². The number of hydrogen-bond donors (Lipinski definition) is 4. The minimum Gasteiger partial charge on any atom is -0.387 e. The molecule has 0 aliphatic rings. The Bertz CT molecular complexity index is 907. The van der Waals surface area contributed by atoms with Gasteiger partial charge in [0.15, 0.2) is 0 Å². The number of aliphatic hydroxyl groups is 1. The summed E-state index contributed by atoms with van der Waals surface area (Å²) in [4.78, 5) is 24.9. The second-order valence-electron chi connectivity index (χ2n) is 7.43. The molecule has 0 aromatic carbocycles. The molecule has 0 fully saturated rings. The van der Waals surface area contributed by atoms with E-state index in [0.29, 0.717) is 17.1 Å². The van der Waals surface area contributed by atoms with Crippen LogP contribution in [0.2, 0.25) is 0 Å². The van der Waals surface area contributed by atoms with E-state index in [0.717, 1.165) is 6.42 Å². The Balaban J connectivity index is 2.22. The lowest BCUT2D eigenvalue weighted by atomic mass is 10.0. The summed E-state index contributed by atoms with van der Waals surface area (Å²) in [5.74, 6) is 0.127. The Hall–Kier alpha value is -3.32. The van der Waals surface area contributed by atoms with E-state index in [1.54, 1.807) is 6.07 Å². The Labute approximate surface area is 174 Å². The predicted molar refractivity (Wildman–Crippen MR) is 111 cm³/mol. The fourth-order valence-corrected chi connectivity index (χ4v) is 2.28. The molecule has 1 amide bonds. The number of rotatable bonds is 9. The van der Waals surface area contributed by atoms with E-state index >= 15 is 0 Å². The predicted octanol–water partition coefficient (Wildman–Crippen LogP) is 2.54.